The molecule has 0 spiro atoms. The van der Waals surface area contributed by atoms with Gasteiger partial charge < -0.3 is 14.4 Å². The Kier molecular flexibility index (Phi) is 6.22. The van der Waals surface area contributed by atoms with Gasteiger partial charge in [0.25, 0.3) is 0 Å². The first-order chi connectivity index (χ1) is 11.4. The molecule has 1 fully saturated rings. The van der Waals surface area contributed by atoms with Crippen molar-refractivity contribution in [2.75, 3.05) is 19.7 Å². The number of hydrogen-bond donors (Lipinski definition) is 0. The van der Waals surface area contributed by atoms with Crippen molar-refractivity contribution in [1.82, 2.24) is 4.90 Å². The number of amides is 1. The van der Waals surface area contributed by atoms with E-state index in [1.165, 1.54) is 0 Å². The van der Waals surface area contributed by atoms with Crippen molar-refractivity contribution in [3.05, 3.63) is 29.8 Å². The second-order valence-corrected chi connectivity index (χ2v) is 6.91. The van der Waals surface area contributed by atoms with E-state index in [1.807, 2.05) is 31.7 Å². The molecular weight excluding hydrogens is 304 g/mol. The van der Waals surface area contributed by atoms with Gasteiger partial charge in [-0.25, -0.2) is 0 Å². The van der Waals surface area contributed by atoms with Crippen LogP contribution < -0.4 is 4.74 Å². The van der Waals surface area contributed by atoms with E-state index in [9.17, 15) is 4.79 Å². The van der Waals surface area contributed by atoms with Crippen LogP contribution in [-0.2, 0) is 9.53 Å². The summed E-state index contributed by atoms with van der Waals surface area (Å²) in [6.07, 6.45) is 2.22. The highest BCUT2D eigenvalue weighted by Crippen LogP contribution is 2.21. The lowest BCUT2D eigenvalue weighted by atomic mass is 10.0. The van der Waals surface area contributed by atoms with Gasteiger partial charge in [-0.1, -0.05) is 6.07 Å². The first-order valence-electron chi connectivity index (χ1n) is 8.48. The predicted octanol–water partition coefficient (Wildman–Crippen LogP) is 3.13. The van der Waals surface area contributed by atoms with Gasteiger partial charge >= 0.3 is 0 Å². The maximum Gasteiger partial charge on any atom is 0.222 e. The van der Waals surface area contributed by atoms with Crippen molar-refractivity contribution in [3.8, 4) is 11.8 Å². The molecule has 0 bridgehead atoms. The van der Waals surface area contributed by atoms with Crippen LogP contribution in [0.15, 0.2) is 24.3 Å². The average molecular weight is 330 g/mol. The molecule has 1 atom stereocenters. The summed E-state index contributed by atoms with van der Waals surface area (Å²) in [5.41, 5.74) is 0.314. The van der Waals surface area contributed by atoms with Crippen molar-refractivity contribution >= 4 is 5.91 Å². The second-order valence-electron chi connectivity index (χ2n) is 6.91. The van der Waals surface area contributed by atoms with Crippen LogP contribution in [0.2, 0.25) is 0 Å². The quantitative estimate of drug-likeness (QED) is 0.752. The minimum absolute atomic E-state index is 0.0773. The van der Waals surface area contributed by atoms with Crippen LogP contribution in [0, 0.1) is 11.3 Å². The predicted molar refractivity (Wildman–Crippen MR) is 91.7 cm³/mol. The fraction of sp³-hybridized carbons (Fsp3) is 0.579. The van der Waals surface area contributed by atoms with Crippen LogP contribution in [0.4, 0.5) is 0 Å². The minimum Gasteiger partial charge on any atom is -0.494 e. The highest BCUT2D eigenvalue weighted by atomic mass is 16.5. The Morgan fingerprint density at radius 2 is 2.25 bits per heavy atom. The Morgan fingerprint density at radius 3 is 2.96 bits per heavy atom. The SMILES string of the molecule is C[C@H]1CN(C(=O)CCCCOc2cccc(C#N)c2)CC(C)(C)O1. The number of unbranched alkanes of at least 4 members (excludes halogenated alkanes) is 1. The number of hydrogen-bond acceptors (Lipinski definition) is 4. The minimum atomic E-state index is -0.276. The number of ether oxygens (including phenoxy) is 2. The maximum atomic E-state index is 12.3. The van der Waals surface area contributed by atoms with E-state index in [2.05, 4.69) is 6.07 Å². The second kappa shape index (κ2) is 8.16. The highest BCUT2D eigenvalue weighted by molar-refractivity contribution is 5.76. The Hall–Kier alpha value is -2.06. The van der Waals surface area contributed by atoms with Crippen molar-refractivity contribution in [2.45, 2.75) is 51.7 Å². The lowest BCUT2D eigenvalue weighted by Gasteiger charge is -2.41. The first kappa shape index (κ1) is 18.3. The zero-order valence-corrected chi connectivity index (χ0v) is 14.7. The summed E-state index contributed by atoms with van der Waals surface area (Å²) < 4.78 is 11.5. The third kappa shape index (κ3) is 5.54. The molecule has 0 N–H and O–H groups in total. The summed E-state index contributed by atoms with van der Waals surface area (Å²) in [4.78, 5) is 14.2. The van der Waals surface area contributed by atoms with Gasteiger partial charge in [-0.15, -0.1) is 0 Å². The largest absolute Gasteiger partial charge is 0.494 e. The molecule has 0 saturated carbocycles. The molecule has 1 aliphatic rings. The molecule has 0 aromatic heterocycles. The van der Waals surface area contributed by atoms with Crippen LogP contribution in [0.25, 0.3) is 0 Å². The van der Waals surface area contributed by atoms with Crippen LogP contribution in [0.3, 0.4) is 0 Å². The Morgan fingerprint density at radius 1 is 1.46 bits per heavy atom. The Balaban J connectivity index is 1.68. The van der Waals surface area contributed by atoms with E-state index in [-0.39, 0.29) is 17.6 Å². The summed E-state index contributed by atoms with van der Waals surface area (Å²) in [7, 11) is 0. The molecule has 0 aliphatic carbocycles. The zero-order chi connectivity index (χ0) is 17.6. The summed E-state index contributed by atoms with van der Waals surface area (Å²) >= 11 is 0. The number of nitriles is 1. The van der Waals surface area contributed by atoms with Gasteiger partial charge in [0.15, 0.2) is 0 Å². The van der Waals surface area contributed by atoms with Gasteiger partial charge in [0.2, 0.25) is 5.91 Å². The molecule has 1 aliphatic heterocycles. The van der Waals surface area contributed by atoms with Gasteiger partial charge in [0.1, 0.15) is 5.75 Å². The molecule has 1 heterocycles. The molecule has 130 valence electrons. The number of nitrogens with zero attached hydrogens (tertiary/aromatic N) is 2. The molecule has 1 amide bonds. The molecule has 24 heavy (non-hydrogen) atoms. The first-order valence-corrected chi connectivity index (χ1v) is 8.48. The van der Waals surface area contributed by atoms with Crippen molar-refractivity contribution in [2.24, 2.45) is 0 Å². The third-order valence-corrected chi connectivity index (χ3v) is 3.94. The number of rotatable bonds is 6. The third-order valence-electron chi connectivity index (χ3n) is 3.94. The van der Waals surface area contributed by atoms with Crippen LogP contribution in [0.5, 0.6) is 5.75 Å². The van der Waals surface area contributed by atoms with Gasteiger partial charge in [-0.05, 0) is 51.8 Å². The number of carbonyl (C=O) groups excluding carboxylic acids is 1. The van der Waals surface area contributed by atoms with E-state index in [1.54, 1.807) is 18.2 Å². The van der Waals surface area contributed by atoms with Crippen LogP contribution in [-0.4, -0.2) is 42.2 Å². The lowest BCUT2D eigenvalue weighted by Crippen LogP contribution is -2.53. The van der Waals surface area contributed by atoms with Gasteiger partial charge in [-0.3, -0.25) is 4.79 Å². The summed E-state index contributed by atoms with van der Waals surface area (Å²) in [5, 5.41) is 8.86. The van der Waals surface area contributed by atoms with E-state index < -0.39 is 0 Å². The zero-order valence-electron chi connectivity index (χ0n) is 14.7. The monoisotopic (exact) mass is 330 g/mol. The molecule has 0 radical (unpaired) electrons. The molecule has 2 rings (SSSR count). The van der Waals surface area contributed by atoms with E-state index >= 15 is 0 Å². The van der Waals surface area contributed by atoms with Crippen LogP contribution >= 0.6 is 0 Å². The maximum absolute atomic E-state index is 12.3. The van der Waals surface area contributed by atoms with Crippen molar-refractivity contribution in [1.29, 1.82) is 5.26 Å². The lowest BCUT2D eigenvalue weighted by molar-refractivity contribution is -0.158. The van der Waals surface area contributed by atoms with E-state index in [0.29, 0.717) is 37.4 Å². The number of benzene rings is 1. The normalized spacial score (nSPS) is 19.6. The molecule has 1 aromatic rings. The van der Waals surface area contributed by atoms with E-state index in [4.69, 9.17) is 14.7 Å². The average Bonchev–Trinajstić information content (AvgIpc) is 2.52. The van der Waals surface area contributed by atoms with Gasteiger partial charge in [-0.2, -0.15) is 5.26 Å². The summed E-state index contributed by atoms with van der Waals surface area (Å²) in [6, 6.07) is 9.20. The molecule has 1 aromatic carbocycles. The standard InChI is InChI=1S/C19H26N2O3/c1-15-13-21(14-19(2,3)24-15)18(22)9-4-5-10-23-17-8-6-7-16(11-17)12-20/h6-8,11,15H,4-5,9-10,13-14H2,1-3H3/t15-/m0/s1. The molecule has 5 heteroatoms. The van der Waals surface area contributed by atoms with Gasteiger partial charge in [0.05, 0.1) is 29.9 Å². The fourth-order valence-electron chi connectivity index (χ4n) is 3.03. The van der Waals surface area contributed by atoms with Gasteiger partial charge in [0, 0.05) is 19.5 Å². The topological polar surface area (TPSA) is 62.6 Å². The Labute approximate surface area is 144 Å². The summed E-state index contributed by atoms with van der Waals surface area (Å²) in [5.74, 6) is 0.883. The smallest absolute Gasteiger partial charge is 0.222 e. The number of carbonyl (C=O) groups is 1. The molecule has 5 nitrogen and oxygen atoms in total. The van der Waals surface area contributed by atoms with Crippen LogP contribution in [0.1, 0.15) is 45.6 Å². The molecule has 0 unspecified atom stereocenters. The highest BCUT2D eigenvalue weighted by Gasteiger charge is 2.33. The fourth-order valence-corrected chi connectivity index (χ4v) is 3.03. The molecular formula is C19H26N2O3. The number of morpholine rings is 1. The Bertz CT molecular complexity index is 607. The molecule has 1 saturated heterocycles. The van der Waals surface area contributed by atoms with Crippen molar-refractivity contribution in [3.63, 3.8) is 0 Å². The summed E-state index contributed by atoms with van der Waals surface area (Å²) in [6.45, 7) is 7.91. The van der Waals surface area contributed by atoms with E-state index in [0.717, 1.165) is 12.8 Å². The van der Waals surface area contributed by atoms with Crippen molar-refractivity contribution < 1.29 is 14.3 Å².